The lowest BCUT2D eigenvalue weighted by molar-refractivity contribution is 0.477. The number of nitrogen functional groups attached to an aromatic ring is 1. The van der Waals surface area contributed by atoms with Crippen LogP contribution in [0.15, 0.2) is 42.5 Å². The van der Waals surface area contributed by atoms with E-state index in [9.17, 15) is 5.11 Å². The zero-order valence-corrected chi connectivity index (χ0v) is 9.07. The van der Waals surface area contributed by atoms with Crippen LogP contribution in [0.2, 0.25) is 0 Å². The highest BCUT2D eigenvalue weighted by Crippen LogP contribution is 2.34. The molecule has 0 bridgehead atoms. The van der Waals surface area contributed by atoms with Crippen LogP contribution >= 0.6 is 0 Å². The first kappa shape index (κ1) is 10.4. The maximum Gasteiger partial charge on any atom is 0.123 e. The molecule has 4 N–H and O–H groups in total. The number of phenolic OH excluding ortho intramolecular Hbond substituents is 1. The first-order valence-corrected chi connectivity index (χ1v) is 5.08. The molecule has 0 aliphatic heterocycles. The lowest BCUT2D eigenvalue weighted by Gasteiger charge is -2.09. The first-order valence-electron chi connectivity index (χ1n) is 5.08. The van der Waals surface area contributed by atoms with Gasteiger partial charge in [0.15, 0.2) is 0 Å². The molecule has 2 aromatic rings. The number of rotatable bonds is 2. The minimum Gasteiger partial charge on any atom is -0.507 e. The summed E-state index contributed by atoms with van der Waals surface area (Å²) in [7, 11) is 1.84. The van der Waals surface area contributed by atoms with Crippen LogP contribution in [0.1, 0.15) is 0 Å². The van der Waals surface area contributed by atoms with Crippen LogP contribution in [-0.2, 0) is 0 Å². The second-order valence-corrected chi connectivity index (χ2v) is 3.57. The molecule has 0 heterocycles. The highest BCUT2D eigenvalue weighted by atomic mass is 16.3. The molecule has 2 rings (SSSR count). The van der Waals surface area contributed by atoms with E-state index in [0.29, 0.717) is 5.69 Å². The fourth-order valence-electron chi connectivity index (χ4n) is 1.65. The third kappa shape index (κ3) is 1.80. The Morgan fingerprint density at radius 1 is 1.06 bits per heavy atom. The zero-order chi connectivity index (χ0) is 11.5. The third-order valence-corrected chi connectivity index (χ3v) is 2.54. The van der Waals surface area contributed by atoms with Gasteiger partial charge in [0.05, 0.1) is 0 Å². The van der Waals surface area contributed by atoms with Crippen LogP contribution in [0, 0.1) is 0 Å². The summed E-state index contributed by atoms with van der Waals surface area (Å²) in [6.07, 6.45) is 0. The average molecular weight is 214 g/mol. The van der Waals surface area contributed by atoms with Crippen molar-refractivity contribution in [1.29, 1.82) is 0 Å². The van der Waals surface area contributed by atoms with Gasteiger partial charge in [0.1, 0.15) is 5.75 Å². The van der Waals surface area contributed by atoms with Gasteiger partial charge in [0.25, 0.3) is 0 Å². The molecule has 3 nitrogen and oxygen atoms in total. The molecule has 0 aromatic heterocycles. The van der Waals surface area contributed by atoms with E-state index >= 15 is 0 Å². The van der Waals surface area contributed by atoms with Gasteiger partial charge in [0, 0.05) is 29.5 Å². The number of hydrogen-bond donors (Lipinski definition) is 3. The van der Waals surface area contributed by atoms with Crippen molar-refractivity contribution < 1.29 is 5.11 Å². The van der Waals surface area contributed by atoms with Gasteiger partial charge in [-0.25, -0.2) is 0 Å². The molecule has 0 aliphatic rings. The molecule has 0 fully saturated rings. The number of nitrogens with one attached hydrogen (secondary N) is 1. The minimum atomic E-state index is 0.233. The van der Waals surface area contributed by atoms with Crippen molar-refractivity contribution >= 4 is 11.4 Å². The maximum absolute atomic E-state index is 9.83. The van der Waals surface area contributed by atoms with E-state index in [1.165, 1.54) is 0 Å². The molecule has 0 unspecified atom stereocenters. The summed E-state index contributed by atoms with van der Waals surface area (Å²) in [6, 6.07) is 12.8. The molecular weight excluding hydrogens is 200 g/mol. The van der Waals surface area contributed by atoms with Gasteiger partial charge >= 0.3 is 0 Å². The van der Waals surface area contributed by atoms with E-state index in [-0.39, 0.29) is 5.75 Å². The molecule has 0 atom stereocenters. The Hall–Kier alpha value is -2.16. The van der Waals surface area contributed by atoms with Crippen molar-refractivity contribution in [3.63, 3.8) is 0 Å². The summed E-state index contributed by atoms with van der Waals surface area (Å²) in [5.74, 6) is 0.233. The minimum absolute atomic E-state index is 0.233. The Morgan fingerprint density at radius 2 is 1.81 bits per heavy atom. The van der Waals surface area contributed by atoms with Crippen molar-refractivity contribution in [1.82, 2.24) is 0 Å². The normalized spacial score (nSPS) is 10.1. The second kappa shape index (κ2) is 4.14. The lowest BCUT2D eigenvalue weighted by Crippen LogP contribution is -1.92. The Kier molecular flexibility index (Phi) is 2.68. The summed E-state index contributed by atoms with van der Waals surface area (Å²) >= 11 is 0. The smallest absolute Gasteiger partial charge is 0.123 e. The number of nitrogens with two attached hydrogens (primary N) is 1. The number of para-hydroxylation sites is 1. The quantitative estimate of drug-likeness (QED) is 0.532. The summed E-state index contributed by atoms with van der Waals surface area (Å²) in [6.45, 7) is 0. The molecule has 0 spiro atoms. The summed E-state index contributed by atoms with van der Waals surface area (Å²) < 4.78 is 0. The molecule has 3 heteroatoms. The monoisotopic (exact) mass is 214 g/mol. The molecule has 16 heavy (non-hydrogen) atoms. The van der Waals surface area contributed by atoms with Crippen molar-refractivity contribution in [2.75, 3.05) is 18.1 Å². The fraction of sp³-hybridized carbons (Fsp3) is 0.0769. The number of anilines is 2. The lowest BCUT2D eigenvalue weighted by atomic mass is 10.0. The first-order chi connectivity index (χ1) is 7.72. The van der Waals surface area contributed by atoms with Crippen molar-refractivity contribution in [2.45, 2.75) is 0 Å². The van der Waals surface area contributed by atoms with Crippen LogP contribution < -0.4 is 11.1 Å². The van der Waals surface area contributed by atoms with E-state index in [2.05, 4.69) is 5.32 Å². The number of hydrogen-bond acceptors (Lipinski definition) is 3. The van der Waals surface area contributed by atoms with Gasteiger partial charge in [-0.3, -0.25) is 0 Å². The molecule has 0 saturated heterocycles. The van der Waals surface area contributed by atoms with Crippen molar-refractivity contribution in [2.24, 2.45) is 0 Å². The van der Waals surface area contributed by atoms with Gasteiger partial charge in [-0.15, -0.1) is 0 Å². The Labute approximate surface area is 94.5 Å². The fourth-order valence-corrected chi connectivity index (χ4v) is 1.65. The molecule has 0 amide bonds. The van der Waals surface area contributed by atoms with E-state index < -0.39 is 0 Å². The number of aromatic hydroxyl groups is 1. The van der Waals surface area contributed by atoms with Gasteiger partial charge < -0.3 is 16.2 Å². The molecular formula is C13H14N2O. The zero-order valence-electron chi connectivity index (χ0n) is 9.07. The molecule has 0 saturated carbocycles. The van der Waals surface area contributed by atoms with Crippen LogP contribution in [0.5, 0.6) is 5.75 Å². The Morgan fingerprint density at radius 3 is 2.50 bits per heavy atom. The van der Waals surface area contributed by atoms with E-state index in [1.807, 2.05) is 43.4 Å². The largest absolute Gasteiger partial charge is 0.507 e. The molecule has 0 aliphatic carbocycles. The SMILES string of the molecule is CNc1ccc(O)c(-c2ccccc2N)c1. The third-order valence-electron chi connectivity index (χ3n) is 2.54. The van der Waals surface area contributed by atoms with E-state index in [0.717, 1.165) is 16.8 Å². The standard InChI is InChI=1S/C13H14N2O/c1-15-9-6-7-13(16)11(8-9)10-4-2-3-5-12(10)14/h2-8,15-16H,14H2,1H3. The van der Waals surface area contributed by atoms with Crippen LogP contribution in [0.4, 0.5) is 11.4 Å². The predicted octanol–water partition coefficient (Wildman–Crippen LogP) is 2.68. The van der Waals surface area contributed by atoms with Gasteiger partial charge in [-0.05, 0) is 24.3 Å². The molecule has 2 aromatic carbocycles. The topological polar surface area (TPSA) is 58.3 Å². The molecule has 82 valence electrons. The Bertz CT molecular complexity index is 509. The predicted molar refractivity (Wildman–Crippen MR) is 67.5 cm³/mol. The highest BCUT2D eigenvalue weighted by molar-refractivity contribution is 5.82. The van der Waals surface area contributed by atoms with Crippen LogP contribution in [0.25, 0.3) is 11.1 Å². The average Bonchev–Trinajstić information content (AvgIpc) is 2.31. The second-order valence-electron chi connectivity index (χ2n) is 3.57. The summed E-state index contributed by atoms with van der Waals surface area (Å²) in [5.41, 5.74) is 9.07. The Balaban J connectivity index is 2.59. The van der Waals surface area contributed by atoms with Crippen molar-refractivity contribution in [3.8, 4) is 16.9 Å². The van der Waals surface area contributed by atoms with Crippen LogP contribution in [-0.4, -0.2) is 12.2 Å². The summed E-state index contributed by atoms with van der Waals surface area (Å²) in [5, 5.41) is 12.9. The van der Waals surface area contributed by atoms with E-state index in [1.54, 1.807) is 6.07 Å². The van der Waals surface area contributed by atoms with Gasteiger partial charge in [-0.2, -0.15) is 0 Å². The number of benzene rings is 2. The van der Waals surface area contributed by atoms with E-state index in [4.69, 9.17) is 5.73 Å². The van der Waals surface area contributed by atoms with Gasteiger partial charge in [0.2, 0.25) is 0 Å². The van der Waals surface area contributed by atoms with Crippen molar-refractivity contribution in [3.05, 3.63) is 42.5 Å². The summed E-state index contributed by atoms with van der Waals surface area (Å²) in [4.78, 5) is 0. The number of phenols is 1. The molecule has 0 radical (unpaired) electrons. The van der Waals surface area contributed by atoms with Gasteiger partial charge in [-0.1, -0.05) is 18.2 Å². The van der Waals surface area contributed by atoms with Crippen LogP contribution in [0.3, 0.4) is 0 Å². The maximum atomic E-state index is 9.83. The highest BCUT2D eigenvalue weighted by Gasteiger charge is 2.07.